The van der Waals surface area contributed by atoms with Gasteiger partial charge in [-0.25, -0.2) is 4.57 Å². The van der Waals surface area contributed by atoms with E-state index >= 15 is 0 Å². The highest BCUT2D eigenvalue weighted by Gasteiger charge is 2.15. The molecule has 4 nitrogen and oxygen atoms in total. The van der Waals surface area contributed by atoms with Crippen molar-refractivity contribution in [3.63, 3.8) is 0 Å². The van der Waals surface area contributed by atoms with Crippen LogP contribution in [0.15, 0.2) is 30.5 Å². The first-order chi connectivity index (χ1) is 9.72. The van der Waals surface area contributed by atoms with Crippen LogP contribution >= 0.6 is 0 Å². The summed E-state index contributed by atoms with van der Waals surface area (Å²) < 4.78 is 2.22. The molecular weight excluding hydrogens is 264 g/mol. The fourth-order valence-corrected chi connectivity index (χ4v) is 2.58. The number of benzene rings is 1. The Hall–Kier alpha value is -2.23. The van der Waals surface area contributed by atoms with Crippen molar-refractivity contribution in [2.45, 2.75) is 27.7 Å². The lowest BCUT2D eigenvalue weighted by molar-refractivity contribution is -0.661. The number of aromatic nitrogens is 1. The van der Waals surface area contributed by atoms with Crippen LogP contribution in [-0.4, -0.2) is 12.0 Å². The van der Waals surface area contributed by atoms with Crippen LogP contribution in [0.4, 0.5) is 0 Å². The molecule has 1 aromatic heterocycles. The van der Waals surface area contributed by atoms with Crippen molar-refractivity contribution < 1.29 is 9.49 Å². The first-order valence-corrected chi connectivity index (χ1v) is 6.85. The Morgan fingerprint density at radius 1 is 1.00 bits per heavy atom. The average molecular weight is 287 g/mol. The molecule has 4 heteroatoms. The number of hydrogen-bond acceptors (Lipinski definition) is 2. The molecule has 21 heavy (non-hydrogen) atoms. The summed E-state index contributed by atoms with van der Waals surface area (Å²) in [6, 6.07) is 8.90. The zero-order chi connectivity index (χ0) is 16.2. The van der Waals surface area contributed by atoms with Crippen LogP contribution in [0.3, 0.4) is 0 Å². The normalized spacial score (nSPS) is 9.81. The summed E-state index contributed by atoms with van der Waals surface area (Å²) in [5, 5.41) is 8.81. The molecular formula is C17H23N2O2+. The summed E-state index contributed by atoms with van der Waals surface area (Å²) in [7, 11) is 3.01. The lowest BCUT2D eigenvalue weighted by Crippen LogP contribution is -2.32. The van der Waals surface area contributed by atoms with E-state index in [4.69, 9.17) is 10.1 Å². The van der Waals surface area contributed by atoms with Gasteiger partial charge in [-0.15, -0.1) is 0 Å². The molecule has 0 radical (unpaired) electrons. The van der Waals surface area contributed by atoms with Crippen LogP contribution in [0.5, 0.6) is 0 Å². The molecule has 0 unspecified atom stereocenters. The van der Waals surface area contributed by atoms with Crippen molar-refractivity contribution in [2.24, 2.45) is 7.05 Å². The van der Waals surface area contributed by atoms with Gasteiger partial charge in [0.25, 0.3) is 0 Å². The summed E-state index contributed by atoms with van der Waals surface area (Å²) in [5.41, 5.74) is 7.94. The minimum atomic E-state index is -0.500. The van der Waals surface area contributed by atoms with E-state index in [1.165, 1.54) is 33.5 Å². The summed E-state index contributed by atoms with van der Waals surface area (Å²) in [6.45, 7) is 8.64. The van der Waals surface area contributed by atoms with Crippen molar-refractivity contribution in [3.8, 4) is 11.3 Å². The van der Waals surface area contributed by atoms with Crippen molar-refractivity contribution in [2.75, 3.05) is 7.05 Å². The third-order valence-corrected chi connectivity index (χ3v) is 3.20. The van der Waals surface area contributed by atoms with Crippen LogP contribution in [0.25, 0.3) is 11.3 Å². The first kappa shape index (κ1) is 16.8. The number of hydrogen-bond donors (Lipinski definition) is 0. The Morgan fingerprint density at radius 3 is 2.00 bits per heavy atom. The van der Waals surface area contributed by atoms with Gasteiger partial charge in [0.15, 0.2) is 13.2 Å². The summed E-state index contributed by atoms with van der Waals surface area (Å²) in [6.07, 6.45) is 2.18. The summed E-state index contributed by atoms with van der Waals surface area (Å²) >= 11 is 0. The largest absolute Gasteiger partial charge is 0.265 e. The molecule has 1 aromatic carbocycles. The van der Waals surface area contributed by atoms with Crippen LogP contribution in [0.2, 0.25) is 0 Å². The zero-order valence-corrected chi connectivity index (χ0v) is 13.6. The highest BCUT2D eigenvalue weighted by atomic mass is 16.6. The van der Waals surface area contributed by atoms with Crippen LogP contribution in [0, 0.1) is 37.8 Å². The van der Waals surface area contributed by atoms with Gasteiger partial charge in [0.05, 0.1) is 0 Å². The fourth-order valence-electron chi connectivity index (χ4n) is 2.58. The van der Waals surface area contributed by atoms with Crippen LogP contribution in [0.1, 0.15) is 22.3 Å². The van der Waals surface area contributed by atoms with E-state index < -0.39 is 4.92 Å². The maximum Gasteiger partial charge on any atom is 0.215 e. The monoisotopic (exact) mass is 287 g/mol. The van der Waals surface area contributed by atoms with E-state index in [-0.39, 0.29) is 0 Å². The van der Waals surface area contributed by atoms with Gasteiger partial charge in [-0.1, -0.05) is 17.7 Å². The predicted octanol–water partition coefficient (Wildman–Crippen LogP) is 3.30. The molecule has 1 heterocycles. The Labute approximate surface area is 126 Å². The van der Waals surface area contributed by atoms with Gasteiger partial charge in [-0.05, 0) is 45.4 Å². The summed E-state index contributed by atoms with van der Waals surface area (Å²) in [4.78, 5) is 8.31. The third-order valence-electron chi connectivity index (χ3n) is 3.20. The molecule has 0 aliphatic carbocycles. The van der Waals surface area contributed by atoms with Crippen LogP contribution < -0.4 is 4.57 Å². The van der Waals surface area contributed by atoms with Crippen molar-refractivity contribution >= 4 is 0 Å². The first-order valence-electron chi connectivity index (χ1n) is 6.85. The van der Waals surface area contributed by atoms with Gasteiger partial charge < -0.3 is 0 Å². The fraction of sp³-hybridized carbons (Fsp3) is 0.353. The van der Waals surface area contributed by atoms with Gasteiger partial charge in [0.2, 0.25) is 5.69 Å². The number of nitrogens with zero attached hydrogens (tertiary/aromatic N) is 2. The Balaban J connectivity index is 0.000000491. The molecule has 0 bridgehead atoms. The van der Waals surface area contributed by atoms with Crippen LogP contribution in [-0.2, 0) is 7.05 Å². The molecule has 0 fully saturated rings. The molecule has 0 spiro atoms. The molecule has 112 valence electrons. The number of aryl methyl sites for hydroxylation is 5. The summed E-state index contributed by atoms with van der Waals surface area (Å²) in [5.74, 6) is 0. The van der Waals surface area contributed by atoms with E-state index in [1.807, 2.05) is 0 Å². The average Bonchev–Trinajstić information content (AvgIpc) is 2.29. The van der Waals surface area contributed by atoms with Gasteiger partial charge >= 0.3 is 0 Å². The molecule has 0 aliphatic rings. The SMILES string of the molecule is C[N+](=O)[O-].Cc1ccc(-c2c(C)cc(C)c[n+]2C)c(C)c1. The Kier molecular flexibility index (Phi) is 5.59. The maximum absolute atomic E-state index is 8.81. The topological polar surface area (TPSA) is 47.0 Å². The predicted molar refractivity (Wildman–Crippen MR) is 84.9 cm³/mol. The lowest BCUT2D eigenvalue weighted by Gasteiger charge is -2.08. The molecule has 0 amide bonds. The van der Waals surface area contributed by atoms with E-state index in [9.17, 15) is 0 Å². The van der Waals surface area contributed by atoms with Gasteiger partial charge in [-0.3, -0.25) is 10.1 Å². The highest BCUT2D eigenvalue weighted by Crippen LogP contribution is 2.24. The minimum absolute atomic E-state index is 0.500. The zero-order valence-electron chi connectivity index (χ0n) is 13.6. The molecule has 0 saturated carbocycles. The number of pyridine rings is 1. The minimum Gasteiger partial charge on any atom is -0.265 e. The molecule has 2 rings (SSSR count). The lowest BCUT2D eigenvalue weighted by atomic mass is 9.99. The molecule has 0 saturated heterocycles. The quantitative estimate of drug-likeness (QED) is 0.459. The highest BCUT2D eigenvalue weighted by molar-refractivity contribution is 5.64. The molecule has 0 aliphatic heterocycles. The second-order valence-corrected chi connectivity index (χ2v) is 5.42. The Morgan fingerprint density at radius 2 is 1.52 bits per heavy atom. The molecule has 0 atom stereocenters. The van der Waals surface area contributed by atoms with Gasteiger partial charge in [0.1, 0.15) is 7.05 Å². The smallest absolute Gasteiger partial charge is 0.215 e. The molecule has 2 aromatic rings. The number of nitro groups is 1. The van der Waals surface area contributed by atoms with Gasteiger partial charge in [-0.2, -0.15) is 0 Å². The molecule has 0 N–H and O–H groups in total. The van der Waals surface area contributed by atoms with Gasteiger partial charge in [0, 0.05) is 21.6 Å². The van der Waals surface area contributed by atoms with E-state index in [2.05, 4.69) is 69.8 Å². The second-order valence-electron chi connectivity index (χ2n) is 5.42. The third kappa shape index (κ3) is 4.67. The Bertz CT molecular complexity index is 637. The second kappa shape index (κ2) is 6.97. The van der Waals surface area contributed by atoms with Crippen molar-refractivity contribution in [3.05, 3.63) is 62.8 Å². The number of rotatable bonds is 1. The van der Waals surface area contributed by atoms with E-state index in [0.717, 1.165) is 7.05 Å². The maximum atomic E-state index is 8.81. The van der Waals surface area contributed by atoms with E-state index in [1.54, 1.807) is 0 Å². The van der Waals surface area contributed by atoms with E-state index in [0.29, 0.717) is 0 Å². The standard InChI is InChI=1S/C16H20N.CH3NO2/c1-11-6-7-15(13(3)8-11)16-14(4)9-12(2)10-17(16)5;1-2(3)4/h6-10H,1-5H3;1H3/q+1;. The van der Waals surface area contributed by atoms with Crippen molar-refractivity contribution in [1.29, 1.82) is 0 Å². The van der Waals surface area contributed by atoms with Crippen molar-refractivity contribution in [1.82, 2.24) is 0 Å².